The first-order chi connectivity index (χ1) is 9.22. The zero-order valence-electron chi connectivity index (χ0n) is 11.0. The average molecular weight is 294 g/mol. The van der Waals surface area contributed by atoms with E-state index in [0.29, 0.717) is 4.88 Å². The van der Waals surface area contributed by atoms with Crippen LogP contribution in [0.25, 0.3) is 9.75 Å². The van der Waals surface area contributed by atoms with Crippen molar-refractivity contribution in [1.82, 2.24) is 0 Å². The number of thiophene rings is 2. The highest BCUT2D eigenvalue weighted by molar-refractivity contribution is 7.22. The van der Waals surface area contributed by atoms with Gasteiger partial charge in [0.25, 0.3) is 0 Å². The molecule has 2 heterocycles. The van der Waals surface area contributed by atoms with Crippen LogP contribution < -0.4 is 0 Å². The first-order valence-electron chi connectivity index (χ1n) is 6.62. The van der Waals surface area contributed by atoms with Crippen LogP contribution in [0.15, 0.2) is 23.6 Å². The zero-order chi connectivity index (χ0) is 13.7. The van der Waals surface area contributed by atoms with Gasteiger partial charge in [0.15, 0.2) is 0 Å². The Balaban J connectivity index is 2.17. The van der Waals surface area contributed by atoms with Crippen molar-refractivity contribution in [1.29, 1.82) is 0 Å². The summed E-state index contributed by atoms with van der Waals surface area (Å²) in [7, 11) is 0. The summed E-state index contributed by atoms with van der Waals surface area (Å²) < 4.78 is 0. The molecule has 2 aromatic heterocycles. The molecule has 0 aliphatic heterocycles. The normalized spacial score (nSPS) is 10.8. The summed E-state index contributed by atoms with van der Waals surface area (Å²) in [5.74, 6) is -0.817. The second-order valence-corrected chi connectivity index (χ2v) is 6.56. The third-order valence-corrected chi connectivity index (χ3v) is 5.28. The van der Waals surface area contributed by atoms with Crippen LogP contribution in [0.2, 0.25) is 0 Å². The molecule has 0 amide bonds. The van der Waals surface area contributed by atoms with Crippen molar-refractivity contribution in [3.63, 3.8) is 0 Å². The Hall–Kier alpha value is -1.13. The number of carbonyl (C=O) groups is 1. The van der Waals surface area contributed by atoms with Gasteiger partial charge < -0.3 is 5.11 Å². The van der Waals surface area contributed by atoms with Gasteiger partial charge in [-0.1, -0.05) is 32.3 Å². The Morgan fingerprint density at radius 1 is 1.32 bits per heavy atom. The Kier molecular flexibility index (Phi) is 5.16. The summed E-state index contributed by atoms with van der Waals surface area (Å²) in [6.45, 7) is 2.20. The van der Waals surface area contributed by atoms with Gasteiger partial charge >= 0.3 is 5.97 Å². The number of hydrogen-bond acceptors (Lipinski definition) is 3. The van der Waals surface area contributed by atoms with E-state index >= 15 is 0 Å². The van der Waals surface area contributed by atoms with Gasteiger partial charge in [-0.3, -0.25) is 0 Å². The third-order valence-electron chi connectivity index (χ3n) is 3.06. The molecule has 4 heteroatoms. The molecular formula is C15H18O2S2. The van der Waals surface area contributed by atoms with Crippen LogP contribution in [0.4, 0.5) is 0 Å². The fraction of sp³-hybridized carbons (Fsp3) is 0.400. The van der Waals surface area contributed by atoms with Crippen molar-refractivity contribution >= 4 is 28.6 Å². The smallest absolute Gasteiger partial charge is 0.345 e. The molecule has 0 aromatic carbocycles. The Morgan fingerprint density at radius 2 is 2.16 bits per heavy atom. The molecule has 102 valence electrons. The fourth-order valence-electron chi connectivity index (χ4n) is 2.08. The van der Waals surface area contributed by atoms with Gasteiger partial charge in [-0.15, -0.1) is 22.7 Å². The second kappa shape index (κ2) is 6.87. The van der Waals surface area contributed by atoms with Crippen LogP contribution in [-0.4, -0.2) is 11.1 Å². The lowest BCUT2D eigenvalue weighted by Crippen LogP contribution is -1.90. The van der Waals surface area contributed by atoms with Crippen LogP contribution in [0.5, 0.6) is 0 Å². The molecule has 0 spiro atoms. The highest BCUT2D eigenvalue weighted by Crippen LogP contribution is 2.36. The standard InChI is InChI=1S/C15H18O2S2/c1-2-3-4-5-7-11-10-13(15(16)17)19-14(11)12-8-6-9-18-12/h6,8-10H,2-5,7H2,1H3,(H,16,17). The molecule has 0 unspecified atom stereocenters. The SMILES string of the molecule is CCCCCCc1cc(C(=O)O)sc1-c1cccs1. The maximum atomic E-state index is 11.1. The van der Waals surface area contributed by atoms with Gasteiger partial charge in [0.2, 0.25) is 0 Å². The van der Waals surface area contributed by atoms with Crippen molar-refractivity contribution in [2.75, 3.05) is 0 Å². The number of rotatable bonds is 7. The molecule has 2 aromatic rings. The molecule has 2 nitrogen and oxygen atoms in total. The Bertz CT molecular complexity index is 526. The molecule has 0 bridgehead atoms. The van der Waals surface area contributed by atoms with Crippen molar-refractivity contribution in [2.24, 2.45) is 0 Å². The predicted octanol–water partition coefficient (Wildman–Crippen LogP) is 5.30. The molecule has 0 fully saturated rings. The molecule has 1 N–H and O–H groups in total. The Labute approximate surface area is 121 Å². The minimum Gasteiger partial charge on any atom is -0.477 e. The number of unbranched alkanes of at least 4 members (excludes halogenated alkanes) is 3. The molecular weight excluding hydrogens is 276 g/mol. The van der Waals surface area contributed by atoms with E-state index in [9.17, 15) is 4.79 Å². The molecule has 0 saturated heterocycles. The van der Waals surface area contributed by atoms with E-state index in [1.54, 1.807) is 11.3 Å². The van der Waals surface area contributed by atoms with Gasteiger partial charge in [-0.2, -0.15) is 0 Å². The summed E-state index contributed by atoms with van der Waals surface area (Å²) in [5, 5.41) is 11.2. The van der Waals surface area contributed by atoms with E-state index in [1.807, 2.05) is 17.5 Å². The van der Waals surface area contributed by atoms with E-state index in [0.717, 1.165) is 17.7 Å². The summed E-state index contributed by atoms with van der Waals surface area (Å²) in [5.41, 5.74) is 1.20. The van der Waals surface area contributed by atoms with E-state index in [2.05, 4.69) is 13.0 Å². The van der Waals surface area contributed by atoms with Crippen molar-refractivity contribution in [3.05, 3.63) is 34.0 Å². The minimum atomic E-state index is -0.817. The van der Waals surface area contributed by atoms with E-state index in [4.69, 9.17) is 5.11 Å². The van der Waals surface area contributed by atoms with Crippen molar-refractivity contribution in [3.8, 4) is 9.75 Å². The number of aromatic carboxylic acids is 1. The largest absolute Gasteiger partial charge is 0.477 e. The van der Waals surface area contributed by atoms with Gasteiger partial charge in [-0.25, -0.2) is 4.79 Å². The van der Waals surface area contributed by atoms with E-state index in [-0.39, 0.29) is 0 Å². The summed E-state index contributed by atoms with van der Waals surface area (Å²) in [4.78, 5) is 13.9. The molecule has 2 rings (SSSR count). The van der Waals surface area contributed by atoms with Crippen LogP contribution in [0.3, 0.4) is 0 Å². The summed E-state index contributed by atoms with van der Waals surface area (Å²) in [6.07, 6.45) is 5.82. The van der Waals surface area contributed by atoms with Crippen LogP contribution in [0, 0.1) is 0 Å². The lowest BCUT2D eigenvalue weighted by Gasteiger charge is -2.01. The molecule has 0 aliphatic rings. The summed E-state index contributed by atoms with van der Waals surface area (Å²) >= 11 is 3.08. The third kappa shape index (κ3) is 3.67. The Morgan fingerprint density at radius 3 is 2.79 bits per heavy atom. The van der Waals surface area contributed by atoms with Gasteiger partial charge in [0, 0.05) is 9.75 Å². The molecule has 0 saturated carbocycles. The monoisotopic (exact) mass is 294 g/mol. The molecule has 0 radical (unpaired) electrons. The average Bonchev–Trinajstić information content (AvgIpc) is 3.03. The van der Waals surface area contributed by atoms with Crippen molar-refractivity contribution < 1.29 is 9.90 Å². The van der Waals surface area contributed by atoms with E-state index in [1.165, 1.54) is 41.0 Å². The molecule has 0 atom stereocenters. The predicted molar refractivity (Wildman–Crippen MR) is 82.4 cm³/mol. The van der Waals surface area contributed by atoms with Crippen LogP contribution in [-0.2, 0) is 6.42 Å². The number of aryl methyl sites for hydroxylation is 1. The summed E-state index contributed by atoms with van der Waals surface area (Å²) in [6, 6.07) is 5.94. The lowest BCUT2D eigenvalue weighted by atomic mass is 10.1. The molecule has 19 heavy (non-hydrogen) atoms. The zero-order valence-corrected chi connectivity index (χ0v) is 12.6. The van der Waals surface area contributed by atoms with Gasteiger partial charge in [-0.05, 0) is 35.9 Å². The number of carboxylic acids is 1. The van der Waals surface area contributed by atoms with E-state index < -0.39 is 5.97 Å². The van der Waals surface area contributed by atoms with Crippen LogP contribution in [0.1, 0.15) is 47.8 Å². The maximum Gasteiger partial charge on any atom is 0.345 e. The molecule has 0 aliphatic carbocycles. The van der Waals surface area contributed by atoms with Gasteiger partial charge in [0.05, 0.1) is 0 Å². The topological polar surface area (TPSA) is 37.3 Å². The highest BCUT2D eigenvalue weighted by Gasteiger charge is 2.15. The highest BCUT2D eigenvalue weighted by atomic mass is 32.1. The first kappa shape index (κ1) is 14.3. The van der Waals surface area contributed by atoms with Crippen LogP contribution >= 0.6 is 22.7 Å². The maximum absolute atomic E-state index is 11.1. The quantitative estimate of drug-likeness (QED) is 0.704. The lowest BCUT2D eigenvalue weighted by molar-refractivity contribution is 0.0702. The number of carboxylic acid groups (broad SMARTS) is 1. The second-order valence-electron chi connectivity index (χ2n) is 4.56. The van der Waals surface area contributed by atoms with Crippen molar-refractivity contribution in [2.45, 2.75) is 39.0 Å². The number of hydrogen-bond donors (Lipinski definition) is 1. The minimum absolute atomic E-state index is 0.453. The first-order valence-corrected chi connectivity index (χ1v) is 8.32. The van der Waals surface area contributed by atoms with Gasteiger partial charge in [0.1, 0.15) is 4.88 Å². The fourth-order valence-corrected chi connectivity index (χ4v) is 4.02.